The number of benzene rings is 1. The maximum atomic E-state index is 10.1. The number of phenols is 1. The van der Waals surface area contributed by atoms with Crippen LogP contribution in [0.25, 0.3) is 0 Å². The van der Waals surface area contributed by atoms with Gasteiger partial charge in [0.25, 0.3) is 0 Å². The van der Waals surface area contributed by atoms with E-state index in [2.05, 4.69) is 26.8 Å². The van der Waals surface area contributed by atoms with Crippen LogP contribution < -0.4 is 0 Å². The zero-order chi connectivity index (χ0) is 13.6. The van der Waals surface area contributed by atoms with Crippen LogP contribution in [-0.4, -0.2) is 11.7 Å². The predicted octanol–water partition coefficient (Wildman–Crippen LogP) is 3.93. The van der Waals surface area contributed by atoms with Crippen molar-refractivity contribution in [1.29, 1.82) is 0 Å². The third-order valence-corrected chi connectivity index (χ3v) is 5.01. The summed E-state index contributed by atoms with van der Waals surface area (Å²) in [6, 6.07) is 7.57. The first kappa shape index (κ1) is 12.7. The number of fused-ring (bicyclic) bond motifs is 2. The number of hydrogen-bond acceptors (Lipinski definition) is 2. The summed E-state index contributed by atoms with van der Waals surface area (Å²) in [5, 5.41) is 10.1. The second-order valence-corrected chi connectivity index (χ2v) is 6.13. The van der Waals surface area contributed by atoms with E-state index in [0.29, 0.717) is 29.4 Å². The molecule has 1 fully saturated rings. The van der Waals surface area contributed by atoms with Crippen molar-refractivity contribution in [3.8, 4) is 5.75 Å². The van der Waals surface area contributed by atoms with Crippen LogP contribution in [0.1, 0.15) is 32.4 Å². The van der Waals surface area contributed by atoms with E-state index >= 15 is 0 Å². The molecule has 1 aromatic carbocycles. The molecule has 102 valence electrons. The Labute approximate surface area is 115 Å². The molecule has 1 N–H and O–H groups in total. The van der Waals surface area contributed by atoms with Crippen LogP contribution in [0.15, 0.2) is 35.9 Å². The Morgan fingerprint density at radius 2 is 1.95 bits per heavy atom. The Kier molecular flexibility index (Phi) is 3.14. The highest BCUT2D eigenvalue weighted by Gasteiger charge is 2.44. The normalized spacial score (nSPS) is 37.8. The monoisotopic (exact) mass is 258 g/mol. The molecule has 1 aliphatic carbocycles. The average molecular weight is 258 g/mol. The summed E-state index contributed by atoms with van der Waals surface area (Å²) < 4.78 is 6.12. The third-order valence-electron chi connectivity index (χ3n) is 5.01. The number of allylic oxidation sites excluding steroid dienone is 1. The van der Waals surface area contributed by atoms with Crippen LogP contribution in [0.5, 0.6) is 5.75 Å². The molecule has 5 atom stereocenters. The van der Waals surface area contributed by atoms with Crippen LogP contribution >= 0.6 is 0 Å². The quantitative estimate of drug-likeness (QED) is 0.773. The number of hydrogen-bond donors (Lipinski definition) is 1. The molecule has 0 saturated carbocycles. The molecule has 3 rings (SSSR count). The van der Waals surface area contributed by atoms with Gasteiger partial charge in [0.2, 0.25) is 0 Å². The van der Waals surface area contributed by atoms with E-state index in [0.717, 1.165) is 12.2 Å². The zero-order valence-electron chi connectivity index (χ0n) is 11.8. The third kappa shape index (κ3) is 1.99. The number of rotatable bonds is 1. The van der Waals surface area contributed by atoms with Crippen molar-refractivity contribution < 1.29 is 9.84 Å². The lowest BCUT2D eigenvalue weighted by Gasteiger charge is -2.47. The summed E-state index contributed by atoms with van der Waals surface area (Å²) in [4.78, 5) is 0. The average Bonchev–Trinajstić information content (AvgIpc) is 2.36. The highest BCUT2D eigenvalue weighted by atomic mass is 16.5. The van der Waals surface area contributed by atoms with Gasteiger partial charge in [-0.05, 0) is 30.7 Å². The van der Waals surface area contributed by atoms with Crippen LogP contribution in [0.4, 0.5) is 0 Å². The molecule has 0 aromatic heterocycles. The molecule has 0 spiro atoms. The summed E-state index contributed by atoms with van der Waals surface area (Å²) in [5.74, 6) is 2.55. The first-order chi connectivity index (χ1) is 9.09. The van der Waals surface area contributed by atoms with Crippen molar-refractivity contribution in [2.75, 3.05) is 6.61 Å². The molecule has 1 heterocycles. The van der Waals surface area contributed by atoms with Gasteiger partial charge in [-0.1, -0.05) is 43.7 Å². The van der Waals surface area contributed by atoms with Gasteiger partial charge in [0.05, 0.1) is 12.7 Å². The Morgan fingerprint density at radius 3 is 2.68 bits per heavy atom. The molecule has 1 aliphatic heterocycles. The maximum Gasteiger partial charge on any atom is 0.121 e. The molecule has 2 bridgehead atoms. The van der Waals surface area contributed by atoms with E-state index < -0.39 is 0 Å². The summed E-state index contributed by atoms with van der Waals surface area (Å²) in [6.45, 7) is 7.61. The van der Waals surface area contributed by atoms with Gasteiger partial charge in [-0.15, -0.1) is 0 Å². The topological polar surface area (TPSA) is 29.5 Å². The van der Waals surface area contributed by atoms with E-state index in [-0.39, 0.29) is 6.10 Å². The van der Waals surface area contributed by atoms with E-state index in [9.17, 15) is 5.11 Å². The van der Waals surface area contributed by atoms with Crippen molar-refractivity contribution in [3.05, 3.63) is 41.5 Å². The number of aromatic hydroxyl groups is 1. The number of ether oxygens (including phenoxy) is 1. The number of para-hydroxylation sites is 1. The summed E-state index contributed by atoms with van der Waals surface area (Å²) >= 11 is 0. The van der Waals surface area contributed by atoms with Gasteiger partial charge in [-0.3, -0.25) is 0 Å². The Hall–Kier alpha value is -1.28. The van der Waals surface area contributed by atoms with Crippen LogP contribution in [0.2, 0.25) is 0 Å². The van der Waals surface area contributed by atoms with Gasteiger partial charge in [0.1, 0.15) is 5.75 Å². The molecule has 2 aliphatic rings. The summed E-state index contributed by atoms with van der Waals surface area (Å²) in [6.07, 6.45) is 2.39. The molecule has 19 heavy (non-hydrogen) atoms. The minimum atomic E-state index is -0.00352. The molecule has 0 amide bonds. The van der Waals surface area contributed by atoms with E-state index in [1.165, 1.54) is 5.57 Å². The van der Waals surface area contributed by atoms with Gasteiger partial charge in [0, 0.05) is 11.5 Å². The molecule has 1 aromatic rings. The molecular formula is C17H22O2. The second-order valence-electron chi connectivity index (χ2n) is 6.13. The lowest BCUT2D eigenvalue weighted by atomic mass is 9.64. The standard InChI is InChI=1S/C17H22O2/c1-10-8-11(2)16-12(3)14(10)9-19-17(16)13-6-4-5-7-15(13)18/h4-8,10,12,14,16-18H,9H2,1-3H3/t10-,12+,14-,16+,17-/m1/s1. The minimum Gasteiger partial charge on any atom is -0.508 e. The van der Waals surface area contributed by atoms with Gasteiger partial charge < -0.3 is 9.84 Å². The molecule has 0 radical (unpaired) electrons. The van der Waals surface area contributed by atoms with Crippen LogP contribution in [0, 0.1) is 23.7 Å². The highest BCUT2D eigenvalue weighted by molar-refractivity contribution is 5.36. The second kappa shape index (κ2) is 4.68. The lowest BCUT2D eigenvalue weighted by molar-refractivity contribution is -0.0941. The lowest BCUT2D eigenvalue weighted by Crippen LogP contribution is -2.42. The van der Waals surface area contributed by atoms with Crippen molar-refractivity contribution in [2.45, 2.75) is 26.9 Å². The summed E-state index contributed by atoms with van der Waals surface area (Å²) in [5.41, 5.74) is 2.34. The van der Waals surface area contributed by atoms with Crippen molar-refractivity contribution in [1.82, 2.24) is 0 Å². The van der Waals surface area contributed by atoms with Crippen molar-refractivity contribution >= 4 is 0 Å². The zero-order valence-corrected chi connectivity index (χ0v) is 11.8. The van der Waals surface area contributed by atoms with E-state index in [1.54, 1.807) is 6.07 Å². The fourth-order valence-corrected chi connectivity index (χ4v) is 3.96. The minimum absolute atomic E-state index is 0.00352. The van der Waals surface area contributed by atoms with Crippen LogP contribution in [-0.2, 0) is 4.74 Å². The summed E-state index contributed by atoms with van der Waals surface area (Å²) in [7, 11) is 0. The first-order valence-electron chi connectivity index (χ1n) is 7.17. The smallest absolute Gasteiger partial charge is 0.121 e. The molecule has 1 saturated heterocycles. The van der Waals surface area contributed by atoms with Gasteiger partial charge in [-0.25, -0.2) is 0 Å². The molecular weight excluding hydrogens is 236 g/mol. The van der Waals surface area contributed by atoms with Gasteiger partial charge in [-0.2, -0.15) is 0 Å². The van der Waals surface area contributed by atoms with Gasteiger partial charge >= 0.3 is 0 Å². The molecule has 2 heteroatoms. The van der Waals surface area contributed by atoms with Crippen molar-refractivity contribution in [3.63, 3.8) is 0 Å². The Bertz CT molecular complexity index is 506. The Balaban J connectivity index is 2.01. The van der Waals surface area contributed by atoms with E-state index in [1.807, 2.05) is 18.2 Å². The molecule has 2 nitrogen and oxygen atoms in total. The fourth-order valence-electron chi connectivity index (χ4n) is 3.96. The Morgan fingerprint density at radius 1 is 1.21 bits per heavy atom. The fraction of sp³-hybridized carbons (Fsp3) is 0.529. The van der Waals surface area contributed by atoms with Gasteiger partial charge in [0.15, 0.2) is 0 Å². The number of phenolic OH excluding ortho intramolecular Hbond substituents is 1. The van der Waals surface area contributed by atoms with Crippen molar-refractivity contribution in [2.24, 2.45) is 23.7 Å². The SMILES string of the molecule is CC1=C[C@@H](C)[C@H]2CO[C@H](c3ccccc3O)[C@@H]1[C@H]2C. The highest BCUT2D eigenvalue weighted by Crippen LogP contribution is 2.50. The molecule has 0 unspecified atom stereocenters. The van der Waals surface area contributed by atoms with Crippen LogP contribution in [0.3, 0.4) is 0 Å². The largest absolute Gasteiger partial charge is 0.508 e. The predicted molar refractivity (Wildman–Crippen MR) is 75.9 cm³/mol. The first-order valence-corrected chi connectivity index (χ1v) is 7.17. The van der Waals surface area contributed by atoms with E-state index in [4.69, 9.17) is 4.74 Å². The maximum absolute atomic E-state index is 10.1.